The molecule has 0 spiro atoms. The summed E-state index contributed by atoms with van der Waals surface area (Å²) in [4.78, 5) is 0. The molecule has 12 heavy (non-hydrogen) atoms. The van der Waals surface area contributed by atoms with E-state index in [1.807, 2.05) is 6.92 Å². The standard InChI is InChI=1S/C10H13FO/c1-2-4-9-8(7-12)5-3-6-10(9)11/h3,5-6,12H,2,4,7H2,1H3. The molecule has 0 fully saturated rings. The Morgan fingerprint density at radius 2 is 2.17 bits per heavy atom. The quantitative estimate of drug-likeness (QED) is 0.734. The van der Waals surface area contributed by atoms with Gasteiger partial charge < -0.3 is 5.11 Å². The Hall–Kier alpha value is -0.890. The van der Waals surface area contributed by atoms with E-state index in [1.165, 1.54) is 6.07 Å². The van der Waals surface area contributed by atoms with E-state index in [9.17, 15) is 4.39 Å². The molecule has 0 atom stereocenters. The Morgan fingerprint density at radius 1 is 1.42 bits per heavy atom. The maximum absolute atomic E-state index is 13.1. The van der Waals surface area contributed by atoms with Gasteiger partial charge in [-0.25, -0.2) is 4.39 Å². The minimum atomic E-state index is -0.205. The summed E-state index contributed by atoms with van der Waals surface area (Å²) < 4.78 is 13.1. The summed E-state index contributed by atoms with van der Waals surface area (Å²) in [6.07, 6.45) is 1.59. The van der Waals surface area contributed by atoms with Crippen LogP contribution in [0.3, 0.4) is 0 Å². The lowest BCUT2D eigenvalue weighted by Gasteiger charge is -2.06. The summed E-state index contributed by atoms with van der Waals surface area (Å²) in [6.45, 7) is 1.92. The highest BCUT2D eigenvalue weighted by Gasteiger charge is 2.05. The predicted molar refractivity (Wildman–Crippen MR) is 46.3 cm³/mol. The highest BCUT2D eigenvalue weighted by molar-refractivity contribution is 5.28. The number of aliphatic hydroxyl groups is 1. The van der Waals surface area contributed by atoms with Crippen LogP contribution in [0.1, 0.15) is 24.5 Å². The fraction of sp³-hybridized carbons (Fsp3) is 0.400. The van der Waals surface area contributed by atoms with Crippen molar-refractivity contribution in [2.75, 3.05) is 0 Å². The van der Waals surface area contributed by atoms with Crippen LogP contribution in [-0.2, 0) is 13.0 Å². The molecule has 0 bridgehead atoms. The van der Waals surface area contributed by atoms with Crippen molar-refractivity contribution in [2.24, 2.45) is 0 Å². The molecule has 0 aliphatic rings. The van der Waals surface area contributed by atoms with E-state index in [0.717, 1.165) is 6.42 Å². The highest BCUT2D eigenvalue weighted by atomic mass is 19.1. The summed E-state index contributed by atoms with van der Waals surface area (Å²) in [6, 6.07) is 4.82. The number of hydrogen-bond donors (Lipinski definition) is 1. The van der Waals surface area contributed by atoms with Crippen LogP contribution in [0.4, 0.5) is 4.39 Å². The average Bonchev–Trinajstić information content (AvgIpc) is 2.09. The number of halogens is 1. The molecular formula is C10H13FO. The second-order valence-electron chi connectivity index (χ2n) is 2.79. The zero-order valence-electron chi connectivity index (χ0n) is 7.18. The monoisotopic (exact) mass is 168 g/mol. The van der Waals surface area contributed by atoms with Gasteiger partial charge in [0, 0.05) is 0 Å². The first-order valence-corrected chi connectivity index (χ1v) is 4.16. The topological polar surface area (TPSA) is 20.2 Å². The largest absolute Gasteiger partial charge is 0.392 e. The van der Waals surface area contributed by atoms with Crippen LogP contribution >= 0.6 is 0 Å². The van der Waals surface area contributed by atoms with Gasteiger partial charge in [0.15, 0.2) is 0 Å². The molecular weight excluding hydrogens is 155 g/mol. The van der Waals surface area contributed by atoms with Gasteiger partial charge in [0.1, 0.15) is 5.82 Å². The molecule has 1 aromatic rings. The fourth-order valence-corrected chi connectivity index (χ4v) is 1.28. The second kappa shape index (κ2) is 4.21. The zero-order chi connectivity index (χ0) is 8.97. The molecule has 1 aromatic carbocycles. The second-order valence-corrected chi connectivity index (χ2v) is 2.79. The van der Waals surface area contributed by atoms with Crippen LogP contribution < -0.4 is 0 Å². The van der Waals surface area contributed by atoms with Crippen molar-refractivity contribution in [2.45, 2.75) is 26.4 Å². The first-order chi connectivity index (χ1) is 5.79. The first kappa shape index (κ1) is 9.20. The fourth-order valence-electron chi connectivity index (χ4n) is 1.28. The maximum atomic E-state index is 13.1. The van der Waals surface area contributed by atoms with E-state index in [2.05, 4.69) is 0 Å². The van der Waals surface area contributed by atoms with Gasteiger partial charge in [-0.3, -0.25) is 0 Å². The van der Waals surface area contributed by atoms with Gasteiger partial charge in [0.25, 0.3) is 0 Å². The Labute approximate surface area is 71.9 Å². The van der Waals surface area contributed by atoms with Crippen LogP contribution in [0.15, 0.2) is 18.2 Å². The van der Waals surface area contributed by atoms with Crippen LogP contribution in [-0.4, -0.2) is 5.11 Å². The SMILES string of the molecule is CCCc1c(F)cccc1CO. The van der Waals surface area contributed by atoms with Crippen LogP contribution in [0, 0.1) is 5.82 Å². The molecule has 2 heteroatoms. The van der Waals surface area contributed by atoms with Gasteiger partial charge in [0.05, 0.1) is 6.61 Å². The minimum Gasteiger partial charge on any atom is -0.392 e. The summed E-state index contributed by atoms with van der Waals surface area (Å²) >= 11 is 0. The van der Waals surface area contributed by atoms with Crippen molar-refractivity contribution in [1.29, 1.82) is 0 Å². The number of aliphatic hydroxyl groups excluding tert-OH is 1. The van der Waals surface area contributed by atoms with Crippen molar-refractivity contribution in [1.82, 2.24) is 0 Å². The van der Waals surface area contributed by atoms with Gasteiger partial charge in [-0.05, 0) is 23.6 Å². The summed E-state index contributed by atoms with van der Waals surface area (Å²) in [7, 11) is 0. The van der Waals surface area contributed by atoms with E-state index in [4.69, 9.17) is 5.11 Å². The van der Waals surface area contributed by atoms with Crippen molar-refractivity contribution in [3.63, 3.8) is 0 Å². The lowest BCUT2D eigenvalue weighted by Crippen LogP contribution is -1.97. The molecule has 0 heterocycles. The maximum Gasteiger partial charge on any atom is 0.126 e. The van der Waals surface area contributed by atoms with Crippen LogP contribution in [0.5, 0.6) is 0 Å². The number of rotatable bonds is 3. The lowest BCUT2D eigenvalue weighted by atomic mass is 10.0. The summed E-state index contributed by atoms with van der Waals surface area (Å²) in [5.41, 5.74) is 1.36. The molecule has 0 saturated carbocycles. The van der Waals surface area contributed by atoms with Crippen molar-refractivity contribution in [3.05, 3.63) is 35.1 Å². The average molecular weight is 168 g/mol. The van der Waals surface area contributed by atoms with Gasteiger partial charge in [-0.15, -0.1) is 0 Å². The van der Waals surface area contributed by atoms with Gasteiger partial charge in [0.2, 0.25) is 0 Å². The van der Waals surface area contributed by atoms with Gasteiger partial charge in [-0.1, -0.05) is 25.5 Å². The third-order valence-corrected chi connectivity index (χ3v) is 1.89. The van der Waals surface area contributed by atoms with Gasteiger partial charge >= 0.3 is 0 Å². The van der Waals surface area contributed by atoms with E-state index in [1.54, 1.807) is 12.1 Å². The molecule has 0 aliphatic heterocycles. The number of benzene rings is 1. The molecule has 0 saturated heterocycles. The lowest BCUT2D eigenvalue weighted by molar-refractivity contribution is 0.279. The molecule has 1 nitrogen and oxygen atoms in total. The normalized spacial score (nSPS) is 10.2. The Morgan fingerprint density at radius 3 is 2.75 bits per heavy atom. The van der Waals surface area contributed by atoms with E-state index >= 15 is 0 Å². The molecule has 0 radical (unpaired) electrons. The van der Waals surface area contributed by atoms with Crippen LogP contribution in [0.25, 0.3) is 0 Å². The molecule has 0 aromatic heterocycles. The van der Waals surface area contributed by atoms with Crippen molar-refractivity contribution < 1.29 is 9.50 Å². The van der Waals surface area contributed by atoms with Crippen LogP contribution in [0.2, 0.25) is 0 Å². The number of hydrogen-bond acceptors (Lipinski definition) is 1. The predicted octanol–water partition coefficient (Wildman–Crippen LogP) is 2.27. The molecule has 0 unspecified atom stereocenters. The summed E-state index contributed by atoms with van der Waals surface area (Å²) in [5, 5.41) is 8.90. The third-order valence-electron chi connectivity index (χ3n) is 1.89. The van der Waals surface area contributed by atoms with Gasteiger partial charge in [-0.2, -0.15) is 0 Å². The zero-order valence-corrected chi connectivity index (χ0v) is 7.18. The Bertz CT molecular complexity index is 258. The van der Waals surface area contributed by atoms with E-state index in [-0.39, 0.29) is 12.4 Å². The first-order valence-electron chi connectivity index (χ1n) is 4.16. The Balaban J connectivity index is 3.02. The molecule has 1 N–H and O–H groups in total. The molecule has 0 aliphatic carbocycles. The minimum absolute atomic E-state index is 0.0763. The highest BCUT2D eigenvalue weighted by Crippen LogP contribution is 2.15. The molecule has 0 amide bonds. The van der Waals surface area contributed by atoms with Crippen molar-refractivity contribution in [3.8, 4) is 0 Å². The summed E-state index contributed by atoms with van der Waals surface area (Å²) in [5.74, 6) is -0.205. The van der Waals surface area contributed by atoms with E-state index < -0.39 is 0 Å². The smallest absolute Gasteiger partial charge is 0.126 e. The Kier molecular flexibility index (Phi) is 3.23. The van der Waals surface area contributed by atoms with Crippen molar-refractivity contribution >= 4 is 0 Å². The van der Waals surface area contributed by atoms with E-state index in [0.29, 0.717) is 17.5 Å². The molecule has 66 valence electrons. The molecule has 1 rings (SSSR count). The third kappa shape index (κ3) is 1.83.